The van der Waals surface area contributed by atoms with Crippen LogP contribution in [0.25, 0.3) is 0 Å². The highest BCUT2D eigenvalue weighted by atomic mass is 16.1. The lowest BCUT2D eigenvalue weighted by Crippen LogP contribution is -2.29. The molecule has 0 aliphatic heterocycles. The summed E-state index contributed by atoms with van der Waals surface area (Å²) in [6.45, 7) is 4.41. The van der Waals surface area contributed by atoms with Gasteiger partial charge in [0.15, 0.2) is 0 Å². The summed E-state index contributed by atoms with van der Waals surface area (Å²) < 4.78 is 0. The molecular formula is C17H26O. The first-order valence-electron chi connectivity index (χ1n) is 7.44. The SMILES string of the molecule is CCCCC1(C2C=CC=CC2)CCC(C)(C=O)C1. The summed E-state index contributed by atoms with van der Waals surface area (Å²) in [5.74, 6) is 0.649. The van der Waals surface area contributed by atoms with Crippen molar-refractivity contribution >= 4 is 6.29 Å². The number of rotatable bonds is 5. The van der Waals surface area contributed by atoms with Crippen LogP contribution in [-0.4, -0.2) is 6.29 Å². The van der Waals surface area contributed by atoms with Gasteiger partial charge in [0.05, 0.1) is 0 Å². The number of allylic oxidation sites excluding steroid dienone is 4. The largest absolute Gasteiger partial charge is 0.303 e. The van der Waals surface area contributed by atoms with Gasteiger partial charge in [0.1, 0.15) is 6.29 Å². The molecule has 2 aliphatic carbocycles. The van der Waals surface area contributed by atoms with E-state index < -0.39 is 0 Å². The average molecular weight is 246 g/mol. The second kappa shape index (κ2) is 5.42. The van der Waals surface area contributed by atoms with E-state index in [2.05, 4.69) is 38.2 Å². The third-order valence-corrected chi connectivity index (χ3v) is 5.03. The predicted octanol–water partition coefficient (Wildman–Crippen LogP) is 4.68. The molecule has 0 aromatic carbocycles. The lowest BCUT2D eigenvalue weighted by Gasteiger charge is -2.38. The average Bonchev–Trinajstić information content (AvgIpc) is 2.77. The Morgan fingerprint density at radius 2 is 2.17 bits per heavy atom. The predicted molar refractivity (Wildman–Crippen MR) is 76.4 cm³/mol. The summed E-state index contributed by atoms with van der Waals surface area (Å²) in [5, 5.41) is 0. The van der Waals surface area contributed by atoms with Gasteiger partial charge in [-0.2, -0.15) is 0 Å². The highest BCUT2D eigenvalue weighted by Gasteiger charge is 2.48. The lowest BCUT2D eigenvalue weighted by molar-refractivity contribution is -0.115. The summed E-state index contributed by atoms with van der Waals surface area (Å²) in [6.07, 6.45) is 18.6. The maximum Gasteiger partial charge on any atom is 0.125 e. The van der Waals surface area contributed by atoms with Crippen LogP contribution < -0.4 is 0 Å². The van der Waals surface area contributed by atoms with Gasteiger partial charge < -0.3 is 4.79 Å². The standard InChI is InChI=1S/C17H26O/c1-3-4-10-17(15-8-6-5-7-9-15)12-11-16(2,13-17)14-18/h5-8,14-15H,3-4,9-13H2,1-2H3. The summed E-state index contributed by atoms with van der Waals surface area (Å²) in [6, 6.07) is 0. The number of carbonyl (C=O) groups excluding carboxylic acids is 1. The van der Waals surface area contributed by atoms with Crippen LogP contribution in [0.4, 0.5) is 0 Å². The Hall–Kier alpha value is -0.850. The molecule has 0 heterocycles. The number of hydrogen-bond acceptors (Lipinski definition) is 1. The number of carbonyl (C=O) groups is 1. The lowest BCUT2D eigenvalue weighted by atomic mass is 9.67. The molecule has 0 amide bonds. The highest BCUT2D eigenvalue weighted by molar-refractivity contribution is 5.59. The Morgan fingerprint density at radius 1 is 1.33 bits per heavy atom. The van der Waals surface area contributed by atoms with Gasteiger partial charge in [0, 0.05) is 5.41 Å². The molecule has 0 aromatic rings. The molecule has 3 unspecified atom stereocenters. The summed E-state index contributed by atoms with van der Waals surface area (Å²) >= 11 is 0. The van der Waals surface area contributed by atoms with E-state index in [1.165, 1.54) is 32.0 Å². The summed E-state index contributed by atoms with van der Waals surface area (Å²) in [7, 11) is 0. The molecule has 2 aliphatic rings. The number of unbranched alkanes of at least 4 members (excludes halogenated alkanes) is 1. The van der Waals surface area contributed by atoms with Crippen molar-refractivity contribution in [2.24, 2.45) is 16.7 Å². The number of aldehydes is 1. The molecule has 1 heteroatoms. The zero-order valence-corrected chi connectivity index (χ0v) is 11.8. The van der Waals surface area contributed by atoms with Gasteiger partial charge in [-0.1, -0.05) is 51.0 Å². The van der Waals surface area contributed by atoms with Crippen LogP contribution in [-0.2, 0) is 4.79 Å². The first-order chi connectivity index (χ1) is 8.64. The fourth-order valence-corrected chi connectivity index (χ4v) is 3.89. The van der Waals surface area contributed by atoms with E-state index in [0.29, 0.717) is 11.3 Å². The van der Waals surface area contributed by atoms with Crippen molar-refractivity contribution in [3.05, 3.63) is 24.3 Å². The molecule has 0 saturated heterocycles. The first kappa shape index (κ1) is 13.6. The molecule has 2 rings (SSSR count). The molecule has 100 valence electrons. The van der Waals surface area contributed by atoms with Gasteiger partial charge in [-0.15, -0.1) is 0 Å². The Labute approximate surface area is 111 Å². The monoisotopic (exact) mass is 246 g/mol. The van der Waals surface area contributed by atoms with Crippen LogP contribution in [0.3, 0.4) is 0 Å². The van der Waals surface area contributed by atoms with E-state index in [1.807, 2.05) is 0 Å². The molecule has 0 bridgehead atoms. The van der Waals surface area contributed by atoms with Gasteiger partial charge in [-0.05, 0) is 43.4 Å². The molecule has 1 nitrogen and oxygen atoms in total. The minimum Gasteiger partial charge on any atom is -0.303 e. The molecule has 0 spiro atoms. The van der Waals surface area contributed by atoms with Crippen LogP contribution in [0, 0.1) is 16.7 Å². The van der Waals surface area contributed by atoms with E-state index in [-0.39, 0.29) is 5.41 Å². The van der Waals surface area contributed by atoms with Gasteiger partial charge >= 0.3 is 0 Å². The van der Waals surface area contributed by atoms with Crippen molar-refractivity contribution in [3.8, 4) is 0 Å². The minimum atomic E-state index is -0.0667. The van der Waals surface area contributed by atoms with Gasteiger partial charge in [0.2, 0.25) is 0 Å². The molecule has 1 saturated carbocycles. The molecular weight excluding hydrogens is 220 g/mol. The van der Waals surface area contributed by atoms with Crippen molar-refractivity contribution < 1.29 is 4.79 Å². The fourth-order valence-electron chi connectivity index (χ4n) is 3.89. The van der Waals surface area contributed by atoms with Crippen molar-refractivity contribution in [1.29, 1.82) is 0 Å². The van der Waals surface area contributed by atoms with Gasteiger partial charge in [0.25, 0.3) is 0 Å². The van der Waals surface area contributed by atoms with E-state index in [1.54, 1.807) is 0 Å². The second-order valence-corrected chi connectivity index (χ2v) is 6.57. The maximum atomic E-state index is 11.3. The molecule has 0 radical (unpaired) electrons. The van der Waals surface area contributed by atoms with Crippen LogP contribution in [0.2, 0.25) is 0 Å². The molecule has 1 fully saturated rings. The quantitative estimate of drug-likeness (QED) is 0.643. The first-order valence-corrected chi connectivity index (χ1v) is 7.44. The maximum absolute atomic E-state index is 11.3. The third kappa shape index (κ3) is 2.60. The highest BCUT2D eigenvalue weighted by Crippen LogP contribution is 2.56. The van der Waals surface area contributed by atoms with E-state index >= 15 is 0 Å². The van der Waals surface area contributed by atoms with E-state index in [4.69, 9.17) is 0 Å². The third-order valence-electron chi connectivity index (χ3n) is 5.03. The molecule has 0 N–H and O–H groups in total. The Balaban J connectivity index is 2.17. The molecule has 0 aromatic heterocycles. The van der Waals surface area contributed by atoms with Crippen LogP contribution in [0.5, 0.6) is 0 Å². The fraction of sp³-hybridized carbons (Fsp3) is 0.706. The van der Waals surface area contributed by atoms with Gasteiger partial charge in [-0.25, -0.2) is 0 Å². The van der Waals surface area contributed by atoms with Crippen molar-refractivity contribution in [2.75, 3.05) is 0 Å². The summed E-state index contributed by atoms with van der Waals surface area (Å²) in [5.41, 5.74) is 0.315. The Morgan fingerprint density at radius 3 is 2.72 bits per heavy atom. The van der Waals surface area contributed by atoms with Crippen molar-refractivity contribution in [1.82, 2.24) is 0 Å². The smallest absolute Gasteiger partial charge is 0.125 e. The Kier molecular flexibility index (Phi) is 4.09. The van der Waals surface area contributed by atoms with E-state index in [9.17, 15) is 4.79 Å². The van der Waals surface area contributed by atoms with Crippen molar-refractivity contribution in [2.45, 2.75) is 58.8 Å². The van der Waals surface area contributed by atoms with Crippen LogP contribution >= 0.6 is 0 Å². The molecule has 18 heavy (non-hydrogen) atoms. The number of hydrogen-bond donors (Lipinski definition) is 0. The summed E-state index contributed by atoms with van der Waals surface area (Å²) in [4.78, 5) is 11.3. The zero-order chi connectivity index (χ0) is 13.1. The second-order valence-electron chi connectivity index (χ2n) is 6.57. The van der Waals surface area contributed by atoms with Gasteiger partial charge in [-0.3, -0.25) is 0 Å². The van der Waals surface area contributed by atoms with Crippen LogP contribution in [0.15, 0.2) is 24.3 Å². The Bertz CT molecular complexity index is 355. The topological polar surface area (TPSA) is 17.1 Å². The zero-order valence-electron chi connectivity index (χ0n) is 11.8. The van der Waals surface area contributed by atoms with Crippen molar-refractivity contribution in [3.63, 3.8) is 0 Å². The minimum absolute atomic E-state index is 0.0667. The van der Waals surface area contributed by atoms with E-state index in [0.717, 1.165) is 19.3 Å². The normalized spacial score (nSPS) is 39.1. The van der Waals surface area contributed by atoms with Crippen LogP contribution in [0.1, 0.15) is 58.8 Å². The molecule has 3 atom stereocenters.